The number of carboxylic acids is 1. The standard InChI is InChI=1S/C11H10B2N2O3/c1-2-5-14-6-7-3-4-8(11(12,13)18)15-9(7)10(16)17/h2-6,18H,1H3,(H,16,17)/b5-2-,14-6?. The number of rotatable bonds is 4. The van der Waals surface area contributed by atoms with Crippen molar-refractivity contribution >= 4 is 27.9 Å². The number of aromatic carboxylic acids is 1. The van der Waals surface area contributed by atoms with Gasteiger partial charge in [0.05, 0.1) is 5.69 Å². The van der Waals surface area contributed by atoms with Gasteiger partial charge in [-0.25, -0.2) is 9.78 Å². The molecule has 0 spiro atoms. The summed E-state index contributed by atoms with van der Waals surface area (Å²) in [5, 5.41) is 16.2. The third kappa shape index (κ3) is 3.56. The summed E-state index contributed by atoms with van der Waals surface area (Å²) in [5.74, 6) is -1.26. The first-order chi connectivity index (χ1) is 8.36. The average molecular weight is 240 g/mol. The first kappa shape index (κ1) is 14.2. The maximum absolute atomic E-state index is 11.0. The molecule has 1 heterocycles. The molecular weight excluding hydrogens is 230 g/mol. The van der Waals surface area contributed by atoms with Gasteiger partial charge in [-0.15, -0.1) is 0 Å². The molecule has 0 unspecified atom stereocenters. The lowest BCUT2D eigenvalue weighted by Gasteiger charge is -2.18. The molecule has 1 rings (SSSR count). The highest BCUT2D eigenvalue weighted by Gasteiger charge is 2.20. The Hall–Kier alpha value is -1.88. The van der Waals surface area contributed by atoms with Crippen LogP contribution in [0.2, 0.25) is 0 Å². The molecule has 0 fully saturated rings. The number of carboxylic acid groups (broad SMARTS) is 1. The Morgan fingerprint density at radius 2 is 2.17 bits per heavy atom. The predicted octanol–water partition coefficient (Wildman–Crippen LogP) is 0.172. The zero-order valence-corrected chi connectivity index (χ0v) is 9.74. The minimum absolute atomic E-state index is 0.136. The number of nitrogens with zero attached hydrogens (tertiary/aromatic N) is 2. The Labute approximate surface area is 107 Å². The number of pyridine rings is 1. The summed E-state index contributed by atoms with van der Waals surface area (Å²) in [4.78, 5) is 18.6. The van der Waals surface area contributed by atoms with E-state index < -0.39 is 11.4 Å². The number of aliphatic imine (C=N–C) groups is 1. The van der Waals surface area contributed by atoms with Gasteiger partial charge in [-0.1, -0.05) is 6.08 Å². The molecule has 88 valence electrons. The third-order valence-electron chi connectivity index (χ3n) is 1.99. The fraction of sp³-hybridized carbons (Fsp3) is 0.182. The lowest BCUT2D eigenvalue weighted by molar-refractivity contribution is 0.0689. The Morgan fingerprint density at radius 3 is 2.67 bits per heavy atom. The second-order valence-electron chi connectivity index (χ2n) is 3.53. The van der Waals surface area contributed by atoms with Crippen LogP contribution in [0.5, 0.6) is 0 Å². The molecule has 1 aromatic rings. The van der Waals surface area contributed by atoms with Gasteiger partial charge in [0.1, 0.15) is 15.7 Å². The van der Waals surface area contributed by atoms with Crippen LogP contribution in [0.1, 0.15) is 28.7 Å². The Balaban J connectivity index is 3.25. The summed E-state index contributed by atoms with van der Waals surface area (Å²) in [6.07, 6.45) is 4.53. The van der Waals surface area contributed by atoms with Crippen LogP contribution in [0, 0.1) is 0 Å². The number of aliphatic hydroxyl groups is 1. The van der Waals surface area contributed by atoms with Gasteiger partial charge in [-0.3, -0.25) is 4.99 Å². The first-order valence-corrected chi connectivity index (χ1v) is 5.05. The molecular formula is C11H10B2N2O3. The monoisotopic (exact) mass is 240 g/mol. The van der Waals surface area contributed by atoms with E-state index >= 15 is 0 Å². The summed E-state index contributed by atoms with van der Waals surface area (Å²) in [6, 6.07) is 2.76. The maximum atomic E-state index is 11.0. The zero-order valence-electron chi connectivity index (χ0n) is 9.74. The van der Waals surface area contributed by atoms with Gasteiger partial charge in [0, 0.05) is 23.4 Å². The van der Waals surface area contributed by atoms with E-state index in [-0.39, 0.29) is 17.0 Å². The van der Waals surface area contributed by atoms with Gasteiger partial charge < -0.3 is 10.2 Å². The van der Waals surface area contributed by atoms with Crippen LogP contribution >= 0.6 is 0 Å². The smallest absolute Gasteiger partial charge is 0.355 e. The van der Waals surface area contributed by atoms with Crippen LogP contribution in [0.3, 0.4) is 0 Å². The number of carbonyl (C=O) groups is 1. The molecule has 0 aromatic carbocycles. The Bertz CT molecular complexity index is 508. The number of aromatic nitrogens is 1. The highest BCUT2D eigenvalue weighted by Crippen LogP contribution is 2.14. The van der Waals surface area contributed by atoms with Gasteiger partial charge in [0.25, 0.3) is 0 Å². The summed E-state index contributed by atoms with van der Waals surface area (Å²) in [5.41, 5.74) is -0.133. The molecule has 4 radical (unpaired) electrons. The third-order valence-corrected chi connectivity index (χ3v) is 1.99. The summed E-state index contributed by atoms with van der Waals surface area (Å²) >= 11 is 0. The quantitative estimate of drug-likeness (QED) is 0.580. The normalized spacial score (nSPS) is 12.3. The maximum Gasteiger partial charge on any atom is 0.355 e. The fourth-order valence-corrected chi connectivity index (χ4v) is 1.18. The van der Waals surface area contributed by atoms with Crippen LogP contribution in [-0.4, -0.2) is 43.1 Å². The minimum Gasteiger partial charge on any atom is -0.476 e. The van der Waals surface area contributed by atoms with Gasteiger partial charge in [0.15, 0.2) is 5.69 Å². The van der Waals surface area contributed by atoms with E-state index in [2.05, 4.69) is 9.98 Å². The van der Waals surface area contributed by atoms with Crippen molar-refractivity contribution < 1.29 is 15.0 Å². The largest absolute Gasteiger partial charge is 0.476 e. The molecule has 0 bridgehead atoms. The van der Waals surface area contributed by atoms with Gasteiger partial charge in [0.2, 0.25) is 0 Å². The minimum atomic E-state index is -2.18. The topological polar surface area (TPSA) is 82.8 Å². The number of hydrogen-bond donors (Lipinski definition) is 2. The van der Waals surface area contributed by atoms with Crippen LogP contribution in [0.4, 0.5) is 0 Å². The Kier molecular flexibility index (Phi) is 4.44. The molecule has 0 aliphatic rings. The van der Waals surface area contributed by atoms with E-state index in [1.807, 2.05) is 0 Å². The van der Waals surface area contributed by atoms with E-state index in [0.717, 1.165) is 0 Å². The van der Waals surface area contributed by atoms with Crippen molar-refractivity contribution in [3.05, 3.63) is 41.4 Å². The highest BCUT2D eigenvalue weighted by molar-refractivity contribution is 6.38. The summed E-state index contributed by atoms with van der Waals surface area (Å²) in [6.45, 7) is 1.78. The van der Waals surface area contributed by atoms with Crippen molar-refractivity contribution in [3.63, 3.8) is 0 Å². The average Bonchev–Trinajstić information content (AvgIpc) is 2.28. The van der Waals surface area contributed by atoms with Crippen molar-refractivity contribution in [2.24, 2.45) is 4.99 Å². The van der Waals surface area contributed by atoms with Crippen LogP contribution in [0.15, 0.2) is 29.4 Å². The van der Waals surface area contributed by atoms with Crippen LogP contribution < -0.4 is 0 Å². The SMILES string of the molecule is [B]C([B])(O)c1ccc(C=N/C=C\C)c(C(=O)O)n1. The molecule has 5 nitrogen and oxygen atoms in total. The molecule has 7 heteroatoms. The molecule has 18 heavy (non-hydrogen) atoms. The number of hydrogen-bond acceptors (Lipinski definition) is 4. The zero-order chi connectivity index (χ0) is 13.8. The molecule has 1 aromatic heterocycles. The van der Waals surface area contributed by atoms with Crippen molar-refractivity contribution in [2.75, 3.05) is 0 Å². The van der Waals surface area contributed by atoms with Crippen molar-refractivity contribution in [1.29, 1.82) is 0 Å². The van der Waals surface area contributed by atoms with E-state index in [1.54, 1.807) is 13.0 Å². The molecule has 0 saturated carbocycles. The number of allylic oxidation sites excluding steroid dienone is 1. The van der Waals surface area contributed by atoms with Crippen molar-refractivity contribution in [3.8, 4) is 0 Å². The fourth-order valence-electron chi connectivity index (χ4n) is 1.18. The first-order valence-electron chi connectivity index (χ1n) is 5.05. The second-order valence-corrected chi connectivity index (χ2v) is 3.53. The van der Waals surface area contributed by atoms with Gasteiger partial charge in [-0.05, 0) is 19.1 Å². The summed E-state index contributed by atoms with van der Waals surface area (Å²) in [7, 11) is 10.5. The molecule has 2 N–H and O–H groups in total. The van der Waals surface area contributed by atoms with E-state index in [9.17, 15) is 9.90 Å². The second kappa shape index (κ2) is 5.64. The Morgan fingerprint density at radius 1 is 1.50 bits per heavy atom. The van der Waals surface area contributed by atoms with Crippen molar-refractivity contribution in [2.45, 2.75) is 12.3 Å². The van der Waals surface area contributed by atoms with E-state index in [0.29, 0.717) is 0 Å². The highest BCUT2D eigenvalue weighted by atomic mass is 16.4. The van der Waals surface area contributed by atoms with Crippen molar-refractivity contribution in [1.82, 2.24) is 4.98 Å². The summed E-state index contributed by atoms with van der Waals surface area (Å²) < 4.78 is 0. The lowest BCUT2D eigenvalue weighted by atomic mass is 9.63. The van der Waals surface area contributed by atoms with E-state index in [1.165, 1.54) is 24.5 Å². The molecule has 0 aliphatic heterocycles. The molecule has 0 amide bonds. The molecule has 0 saturated heterocycles. The predicted molar refractivity (Wildman–Crippen MR) is 69.0 cm³/mol. The van der Waals surface area contributed by atoms with Crippen LogP contribution in [-0.2, 0) is 5.40 Å². The van der Waals surface area contributed by atoms with Crippen LogP contribution in [0.25, 0.3) is 0 Å². The lowest BCUT2D eigenvalue weighted by Crippen LogP contribution is -2.28. The molecule has 0 atom stereocenters. The van der Waals surface area contributed by atoms with E-state index in [4.69, 9.17) is 20.8 Å². The van der Waals surface area contributed by atoms with Gasteiger partial charge >= 0.3 is 5.97 Å². The van der Waals surface area contributed by atoms with Gasteiger partial charge in [-0.2, -0.15) is 0 Å². The molecule has 0 aliphatic carbocycles.